The van der Waals surface area contributed by atoms with Crippen molar-refractivity contribution in [3.63, 3.8) is 0 Å². The SMILES string of the molecule is CC(OCCOCC(=O)C(C)(C)C)C(C)OCCC(C)(C)C. The predicted octanol–water partition coefficient (Wildman–Crippen LogP) is 3.86. The quantitative estimate of drug-likeness (QED) is 0.574. The van der Waals surface area contributed by atoms with Gasteiger partial charge in [-0.1, -0.05) is 41.5 Å². The second-order valence-corrected chi connectivity index (χ2v) is 8.19. The second-order valence-electron chi connectivity index (χ2n) is 8.19. The fourth-order valence-corrected chi connectivity index (χ4v) is 1.50. The summed E-state index contributed by atoms with van der Waals surface area (Å²) in [6.07, 6.45) is 1.10. The third-order valence-corrected chi connectivity index (χ3v) is 3.57. The molecule has 0 bridgehead atoms. The zero-order chi connectivity index (χ0) is 17.4. The van der Waals surface area contributed by atoms with E-state index in [-0.39, 0.29) is 35.4 Å². The molecule has 0 radical (unpaired) electrons. The predicted molar refractivity (Wildman–Crippen MR) is 90.2 cm³/mol. The molecule has 0 aliphatic rings. The molecule has 0 aliphatic carbocycles. The fraction of sp³-hybridized carbons (Fsp3) is 0.944. The van der Waals surface area contributed by atoms with Crippen LogP contribution in [0.25, 0.3) is 0 Å². The number of ether oxygens (including phenoxy) is 3. The highest BCUT2D eigenvalue weighted by atomic mass is 16.6. The highest BCUT2D eigenvalue weighted by molar-refractivity contribution is 5.84. The lowest BCUT2D eigenvalue weighted by Gasteiger charge is -2.24. The normalized spacial score (nSPS) is 15.6. The molecule has 0 saturated carbocycles. The molecule has 0 aromatic carbocycles. The molecule has 0 rings (SSSR count). The summed E-state index contributed by atoms with van der Waals surface area (Å²) in [4.78, 5) is 11.7. The molecule has 0 spiro atoms. The maximum atomic E-state index is 11.7. The van der Waals surface area contributed by atoms with Gasteiger partial charge in [0, 0.05) is 12.0 Å². The number of hydrogen-bond donors (Lipinski definition) is 0. The van der Waals surface area contributed by atoms with Crippen LogP contribution < -0.4 is 0 Å². The van der Waals surface area contributed by atoms with Crippen molar-refractivity contribution < 1.29 is 19.0 Å². The monoisotopic (exact) mass is 316 g/mol. The number of Topliss-reactive ketones (excluding diaryl/α,β-unsaturated/α-hetero) is 1. The average Bonchev–Trinajstić information content (AvgIpc) is 2.34. The van der Waals surface area contributed by atoms with E-state index in [1.807, 2.05) is 34.6 Å². The zero-order valence-corrected chi connectivity index (χ0v) is 15.8. The van der Waals surface area contributed by atoms with Crippen LogP contribution in [-0.2, 0) is 19.0 Å². The van der Waals surface area contributed by atoms with Gasteiger partial charge in [0.15, 0.2) is 5.78 Å². The van der Waals surface area contributed by atoms with Crippen molar-refractivity contribution in [2.24, 2.45) is 10.8 Å². The van der Waals surface area contributed by atoms with E-state index >= 15 is 0 Å². The van der Waals surface area contributed by atoms with E-state index in [0.29, 0.717) is 13.2 Å². The minimum absolute atomic E-state index is 0.0156. The molecule has 0 N–H and O–H groups in total. The summed E-state index contributed by atoms with van der Waals surface area (Å²) >= 11 is 0. The Morgan fingerprint density at radius 1 is 0.864 bits per heavy atom. The van der Waals surface area contributed by atoms with Crippen LogP contribution in [0.4, 0.5) is 0 Å². The molecular weight excluding hydrogens is 280 g/mol. The minimum Gasteiger partial charge on any atom is -0.376 e. The molecule has 2 unspecified atom stereocenters. The molecule has 4 nitrogen and oxygen atoms in total. The van der Waals surface area contributed by atoms with E-state index in [0.717, 1.165) is 13.0 Å². The van der Waals surface area contributed by atoms with Gasteiger partial charge in [-0.15, -0.1) is 0 Å². The van der Waals surface area contributed by atoms with Gasteiger partial charge in [0.25, 0.3) is 0 Å². The van der Waals surface area contributed by atoms with Crippen LogP contribution in [0.2, 0.25) is 0 Å². The molecule has 0 aromatic rings. The fourth-order valence-electron chi connectivity index (χ4n) is 1.50. The maximum absolute atomic E-state index is 11.7. The Labute approximate surface area is 136 Å². The first kappa shape index (κ1) is 21.6. The third kappa shape index (κ3) is 11.2. The van der Waals surface area contributed by atoms with Crippen molar-refractivity contribution in [1.82, 2.24) is 0 Å². The number of carbonyl (C=O) groups excluding carboxylic acids is 1. The van der Waals surface area contributed by atoms with Gasteiger partial charge in [0.05, 0.1) is 25.4 Å². The Bertz CT molecular complexity index is 312. The first-order valence-corrected chi connectivity index (χ1v) is 8.28. The smallest absolute Gasteiger partial charge is 0.163 e. The lowest BCUT2D eigenvalue weighted by Crippen LogP contribution is -2.29. The van der Waals surface area contributed by atoms with Crippen molar-refractivity contribution in [2.45, 2.75) is 74.0 Å². The molecule has 0 fully saturated rings. The van der Waals surface area contributed by atoms with Gasteiger partial charge in [0.2, 0.25) is 0 Å². The number of ketones is 1. The van der Waals surface area contributed by atoms with Gasteiger partial charge >= 0.3 is 0 Å². The standard InChI is InChI=1S/C18H36O4/c1-14(21-10-9-17(3,4)5)15(2)22-12-11-20-13-16(19)18(6,7)8/h14-15H,9-13H2,1-8H3. The molecule has 0 amide bonds. The van der Waals surface area contributed by atoms with E-state index in [1.54, 1.807) is 0 Å². The van der Waals surface area contributed by atoms with Crippen LogP contribution in [0.1, 0.15) is 61.8 Å². The summed E-state index contributed by atoms with van der Waals surface area (Å²) in [5.41, 5.74) is -0.0548. The van der Waals surface area contributed by atoms with E-state index in [9.17, 15) is 4.79 Å². The van der Waals surface area contributed by atoms with E-state index in [1.165, 1.54) is 0 Å². The van der Waals surface area contributed by atoms with Crippen molar-refractivity contribution in [3.05, 3.63) is 0 Å². The summed E-state index contributed by atoms with van der Waals surface area (Å²) in [6, 6.07) is 0. The molecule has 0 aromatic heterocycles. The lowest BCUT2D eigenvalue weighted by molar-refractivity contribution is -0.132. The summed E-state index contributed by atoms with van der Waals surface area (Å²) in [7, 11) is 0. The number of hydrogen-bond acceptors (Lipinski definition) is 4. The molecule has 2 atom stereocenters. The van der Waals surface area contributed by atoms with Crippen molar-refractivity contribution >= 4 is 5.78 Å². The average molecular weight is 316 g/mol. The first-order valence-electron chi connectivity index (χ1n) is 8.28. The van der Waals surface area contributed by atoms with Crippen molar-refractivity contribution in [2.75, 3.05) is 26.4 Å². The Morgan fingerprint density at radius 2 is 1.36 bits per heavy atom. The molecule has 22 heavy (non-hydrogen) atoms. The topological polar surface area (TPSA) is 44.8 Å². The Balaban J connectivity index is 3.72. The lowest BCUT2D eigenvalue weighted by atomic mass is 9.91. The maximum Gasteiger partial charge on any atom is 0.163 e. The Morgan fingerprint density at radius 3 is 1.82 bits per heavy atom. The summed E-state index contributed by atoms with van der Waals surface area (Å²) < 4.78 is 16.9. The first-order chi connectivity index (χ1) is 9.93. The van der Waals surface area contributed by atoms with Crippen molar-refractivity contribution in [1.29, 1.82) is 0 Å². The molecule has 132 valence electrons. The summed E-state index contributed by atoms with van der Waals surface area (Å²) in [6.45, 7) is 18.1. The number of rotatable bonds is 10. The van der Waals surface area contributed by atoms with Gasteiger partial charge in [-0.3, -0.25) is 4.79 Å². The van der Waals surface area contributed by atoms with E-state index in [2.05, 4.69) is 20.8 Å². The Kier molecular flexibility index (Phi) is 9.44. The van der Waals surface area contributed by atoms with Gasteiger partial charge in [-0.25, -0.2) is 0 Å². The molecule has 0 saturated heterocycles. The molecule has 0 aliphatic heterocycles. The zero-order valence-electron chi connectivity index (χ0n) is 15.8. The van der Waals surface area contributed by atoms with Gasteiger partial charge in [0.1, 0.15) is 6.61 Å². The van der Waals surface area contributed by atoms with Crippen LogP contribution in [0, 0.1) is 10.8 Å². The second kappa shape index (κ2) is 9.64. The van der Waals surface area contributed by atoms with Crippen LogP contribution in [0.5, 0.6) is 0 Å². The van der Waals surface area contributed by atoms with Gasteiger partial charge < -0.3 is 14.2 Å². The molecule has 4 heteroatoms. The summed E-state index contributed by atoms with van der Waals surface area (Å²) in [5, 5.41) is 0. The largest absolute Gasteiger partial charge is 0.376 e. The van der Waals surface area contributed by atoms with Crippen molar-refractivity contribution in [3.8, 4) is 0 Å². The minimum atomic E-state index is -0.344. The van der Waals surface area contributed by atoms with Crippen LogP contribution in [0.3, 0.4) is 0 Å². The van der Waals surface area contributed by atoms with Gasteiger partial charge in [-0.05, 0) is 25.7 Å². The molecule has 0 heterocycles. The van der Waals surface area contributed by atoms with Crippen LogP contribution in [-0.4, -0.2) is 44.4 Å². The Hall–Kier alpha value is -0.450. The van der Waals surface area contributed by atoms with Crippen LogP contribution >= 0.6 is 0 Å². The number of carbonyl (C=O) groups is 1. The van der Waals surface area contributed by atoms with E-state index in [4.69, 9.17) is 14.2 Å². The highest BCUT2D eigenvalue weighted by Crippen LogP contribution is 2.19. The molecular formula is C18H36O4. The van der Waals surface area contributed by atoms with E-state index < -0.39 is 0 Å². The third-order valence-electron chi connectivity index (χ3n) is 3.57. The van der Waals surface area contributed by atoms with Crippen LogP contribution in [0.15, 0.2) is 0 Å². The highest BCUT2D eigenvalue weighted by Gasteiger charge is 2.21. The van der Waals surface area contributed by atoms with Gasteiger partial charge in [-0.2, -0.15) is 0 Å². The summed E-state index contributed by atoms with van der Waals surface area (Å²) in [5.74, 6) is 0.111.